The predicted molar refractivity (Wildman–Crippen MR) is 88.3 cm³/mol. The number of aryl methyl sites for hydroxylation is 1. The van der Waals surface area contributed by atoms with Crippen molar-refractivity contribution in [1.82, 2.24) is 9.29 Å². The van der Waals surface area contributed by atoms with Crippen LogP contribution in [0.3, 0.4) is 0 Å². The van der Waals surface area contributed by atoms with Crippen molar-refractivity contribution < 1.29 is 8.42 Å². The molecule has 2 aromatic carbocycles. The smallest absolute Gasteiger partial charge is 0.240 e. The molecular formula is C17H18N2O2S. The number of nitrogens with zero attached hydrogens (tertiary/aromatic N) is 1. The van der Waals surface area contributed by atoms with Crippen molar-refractivity contribution >= 4 is 20.9 Å². The predicted octanol–water partition coefficient (Wildman–Crippen LogP) is 2.93. The highest BCUT2D eigenvalue weighted by Gasteiger charge is 2.12. The van der Waals surface area contributed by atoms with E-state index in [1.807, 2.05) is 48.0 Å². The van der Waals surface area contributed by atoms with Gasteiger partial charge in [0.1, 0.15) is 0 Å². The van der Waals surface area contributed by atoms with E-state index < -0.39 is 10.0 Å². The van der Waals surface area contributed by atoms with E-state index in [0.717, 1.165) is 16.5 Å². The Balaban J connectivity index is 1.68. The Morgan fingerprint density at radius 1 is 1.00 bits per heavy atom. The maximum Gasteiger partial charge on any atom is 0.240 e. The second kappa shape index (κ2) is 5.94. The minimum atomic E-state index is -3.45. The molecule has 0 atom stereocenters. The fourth-order valence-corrected chi connectivity index (χ4v) is 3.46. The highest BCUT2D eigenvalue weighted by Crippen LogP contribution is 2.15. The highest BCUT2D eigenvalue weighted by molar-refractivity contribution is 7.89. The fraction of sp³-hybridized carbons (Fsp3) is 0.176. The van der Waals surface area contributed by atoms with Crippen molar-refractivity contribution in [3.8, 4) is 0 Å². The van der Waals surface area contributed by atoms with E-state index >= 15 is 0 Å². The summed E-state index contributed by atoms with van der Waals surface area (Å²) in [6.45, 7) is 2.88. The van der Waals surface area contributed by atoms with Gasteiger partial charge in [0.15, 0.2) is 0 Å². The van der Waals surface area contributed by atoms with Crippen LogP contribution < -0.4 is 4.72 Å². The third kappa shape index (κ3) is 3.05. The summed E-state index contributed by atoms with van der Waals surface area (Å²) in [4.78, 5) is 0.301. The lowest BCUT2D eigenvalue weighted by Gasteiger charge is -2.09. The Hall–Kier alpha value is -2.11. The number of benzene rings is 2. The highest BCUT2D eigenvalue weighted by atomic mass is 32.2. The number of fused-ring (bicyclic) bond motifs is 1. The molecule has 5 heteroatoms. The molecule has 0 unspecified atom stereocenters. The van der Waals surface area contributed by atoms with E-state index in [4.69, 9.17) is 0 Å². The molecule has 0 aliphatic rings. The van der Waals surface area contributed by atoms with Gasteiger partial charge in [0.25, 0.3) is 0 Å². The number of sulfonamides is 1. The van der Waals surface area contributed by atoms with Crippen molar-refractivity contribution in [3.63, 3.8) is 0 Å². The molecule has 1 N–H and O–H groups in total. The second-order valence-electron chi connectivity index (χ2n) is 5.28. The molecule has 0 aliphatic heterocycles. The molecule has 0 bridgehead atoms. The lowest BCUT2D eigenvalue weighted by molar-refractivity contribution is 0.574. The SMILES string of the molecule is Cc1ccc(S(=O)(=O)NCCn2ccc3ccccc32)cc1. The van der Waals surface area contributed by atoms with Gasteiger partial charge in [-0.3, -0.25) is 0 Å². The molecule has 0 spiro atoms. The Morgan fingerprint density at radius 2 is 1.73 bits per heavy atom. The fourth-order valence-electron chi connectivity index (χ4n) is 2.44. The zero-order chi connectivity index (χ0) is 15.6. The zero-order valence-electron chi connectivity index (χ0n) is 12.4. The first kappa shape index (κ1) is 14.8. The van der Waals surface area contributed by atoms with Crippen LogP contribution in [0.15, 0.2) is 65.7 Å². The zero-order valence-corrected chi connectivity index (χ0v) is 13.2. The Labute approximate surface area is 130 Å². The lowest BCUT2D eigenvalue weighted by atomic mass is 10.2. The summed E-state index contributed by atoms with van der Waals surface area (Å²) in [6.07, 6.45) is 1.98. The monoisotopic (exact) mass is 314 g/mol. The molecule has 0 saturated heterocycles. The van der Waals surface area contributed by atoms with Gasteiger partial charge in [0.05, 0.1) is 4.90 Å². The number of hydrogen-bond acceptors (Lipinski definition) is 2. The molecule has 0 radical (unpaired) electrons. The van der Waals surface area contributed by atoms with Crippen LogP contribution in [0.4, 0.5) is 0 Å². The third-order valence-electron chi connectivity index (χ3n) is 3.66. The lowest BCUT2D eigenvalue weighted by Crippen LogP contribution is -2.27. The molecule has 114 valence electrons. The summed E-state index contributed by atoms with van der Waals surface area (Å²) in [5.74, 6) is 0. The van der Waals surface area contributed by atoms with Gasteiger partial charge in [0, 0.05) is 24.8 Å². The van der Waals surface area contributed by atoms with E-state index in [2.05, 4.69) is 4.72 Å². The van der Waals surface area contributed by atoms with Crippen molar-refractivity contribution in [2.45, 2.75) is 18.4 Å². The van der Waals surface area contributed by atoms with Gasteiger partial charge in [-0.15, -0.1) is 0 Å². The minimum Gasteiger partial charge on any atom is -0.346 e. The maximum absolute atomic E-state index is 12.2. The first-order chi connectivity index (χ1) is 10.6. The van der Waals surface area contributed by atoms with Crippen molar-refractivity contribution in [2.24, 2.45) is 0 Å². The third-order valence-corrected chi connectivity index (χ3v) is 5.13. The molecule has 3 rings (SSSR count). The van der Waals surface area contributed by atoms with E-state index in [-0.39, 0.29) is 0 Å². The topological polar surface area (TPSA) is 51.1 Å². The Kier molecular flexibility index (Phi) is 4.00. The Morgan fingerprint density at radius 3 is 2.50 bits per heavy atom. The molecule has 22 heavy (non-hydrogen) atoms. The normalized spacial score (nSPS) is 11.9. The van der Waals surface area contributed by atoms with Crippen molar-refractivity contribution in [2.75, 3.05) is 6.54 Å². The maximum atomic E-state index is 12.2. The first-order valence-electron chi connectivity index (χ1n) is 7.16. The number of hydrogen-bond donors (Lipinski definition) is 1. The molecule has 0 amide bonds. The molecule has 3 aromatic rings. The number of aromatic nitrogens is 1. The molecule has 0 saturated carbocycles. The quantitative estimate of drug-likeness (QED) is 0.787. The van der Waals surface area contributed by atoms with Crippen LogP contribution in [0.2, 0.25) is 0 Å². The van der Waals surface area contributed by atoms with Gasteiger partial charge in [-0.2, -0.15) is 0 Å². The minimum absolute atomic E-state index is 0.301. The van der Waals surface area contributed by atoms with Crippen LogP contribution in [-0.4, -0.2) is 19.5 Å². The van der Waals surface area contributed by atoms with Crippen LogP contribution in [-0.2, 0) is 16.6 Å². The van der Waals surface area contributed by atoms with Crippen molar-refractivity contribution in [1.29, 1.82) is 0 Å². The van der Waals surface area contributed by atoms with Crippen LogP contribution in [0.5, 0.6) is 0 Å². The van der Waals surface area contributed by atoms with Crippen LogP contribution >= 0.6 is 0 Å². The van der Waals surface area contributed by atoms with Gasteiger partial charge in [-0.1, -0.05) is 35.9 Å². The summed E-state index contributed by atoms with van der Waals surface area (Å²) in [5, 5.41) is 1.16. The Bertz CT molecular complexity index is 880. The molecule has 0 aliphatic carbocycles. The van der Waals surface area contributed by atoms with E-state index in [1.54, 1.807) is 24.3 Å². The van der Waals surface area contributed by atoms with E-state index in [0.29, 0.717) is 18.0 Å². The van der Waals surface area contributed by atoms with Crippen LogP contribution in [0.1, 0.15) is 5.56 Å². The average molecular weight is 314 g/mol. The summed E-state index contributed by atoms with van der Waals surface area (Å²) in [6, 6.07) is 16.9. The van der Waals surface area contributed by atoms with E-state index in [9.17, 15) is 8.42 Å². The van der Waals surface area contributed by atoms with Crippen molar-refractivity contribution in [3.05, 3.63) is 66.4 Å². The van der Waals surface area contributed by atoms with Crippen LogP contribution in [0.25, 0.3) is 10.9 Å². The first-order valence-corrected chi connectivity index (χ1v) is 8.65. The van der Waals surface area contributed by atoms with Gasteiger partial charge in [0.2, 0.25) is 10.0 Å². The molecule has 0 fully saturated rings. The molecule has 1 heterocycles. The average Bonchev–Trinajstić information content (AvgIpc) is 2.91. The summed E-state index contributed by atoms with van der Waals surface area (Å²) in [5.41, 5.74) is 2.15. The standard InChI is InChI=1S/C17H18N2O2S/c1-14-6-8-16(9-7-14)22(20,21)18-11-13-19-12-10-15-4-2-3-5-17(15)19/h2-10,12,18H,11,13H2,1H3. The summed E-state index contributed by atoms with van der Waals surface area (Å²) < 4.78 is 29.1. The summed E-state index contributed by atoms with van der Waals surface area (Å²) >= 11 is 0. The second-order valence-corrected chi connectivity index (χ2v) is 7.05. The van der Waals surface area contributed by atoms with E-state index in [1.165, 1.54) is 0 Å². The van der Waals surface area contributed by atoms with Crippen LogP contribution in [0, 0.1) is 6.92 Å². The van der Waals surface area contributed by atoms with Gasteiger partial charge in [-0.05, 0) is 36.6 Å². The number of rotatable bonds is 5. The summed E-state index contributed by atoms with van der Waals surface area (Å²) in [7, 11) is -3.45. The largest absolute Gasteiger partial charge is 0.346 e. The van der Waals surface area contributed by atoms with Gasteiger partial charge in [-0.25, -0.2) is 13.1 Å². The van der Waals surface area contributed by atoms with Gasteiger partial charge >= 0.3 is 0 Å². The molecule has 1 aromatic heterocycles. The molecule has 4 nitrogen and oxygen atoms in total. The van der Waals surface area contributed by atoms with Gasteiger partial charge < -0.3 is 4.57 Å². The molecular weight excluding hydrogens is 296 g/mol. The number of para-hydroxylation sites is 1. The number of nitrogens with one attached hydrogen (secondary N) is 1.